The van der Waals surface area contributed by atoms with Gasteiger partial charge in [0.2, 0.25) is 6.79 Å². The van der Waals surface area contributed by atoms with Gasteiger partial charge in [-0.05, 0) is 54.7 Å². The van der Waals surface area contributed by atoms with Crippen molar-refractivity contribution in [2.75, 3.05) is 13.9 Å². The predicted octanol–water partition coefficient (Wildman–Crippen LogP) is 4.60. The maximum absolute atomic E-state index is 13.5. The Hall–Kier alpha value is -3.25. The number of carbonyl (C=O) groups excluding carboxylic acids is 2. The third-order valence-electron chi connectivity index (χ3n) is 6.30. The minimum Gasteiger partial charge on any atom is -0.466 e. The molecule has 0 aromatic heterocycles. The van der Waals surface area contributed by atoms with Crippen molar-refractivity contribution in [1.29, 1.82) is 0 Å². The Morgan fingerprint density at radius 2 is 1.78 bits per heavy atom. The summed E-state index contributed by atoms with van der Waals surface area (Å²) in [6, 6.07) is 13.2. The van der Waals surface area contributed by atoms with Crippen molar-refractivity contribution in [3.63, 3.8) is 0 Å². The van der Waals surface area contributed by atoms with E-state index in [1.807, 2.05) is 49.4 Å². The van der Waals surface area contributed by atoms with Gasteiger partial charge in [0.05, 0.1) is 12.7 Å². The summed E-state index contributed by atoms with van der Waals surface area (Å²) in [6.07, 6.45) is 1.02. The first kappa shape index (κ1) is 20.6. The van der Waals surface area contributed by atoms with Crippen molar-refractivity contribution in [3.05, 3.63) is 81.2 Å². The zero-order chi connectivity index (χ0) is 22.4. The van der Waals surface area contributed by atoms with Gasteiger partial charge in [-0.2, -0.15) is 0 Å². The minimum absolute atomic E-state index is 0.00951. The summed E-state index contributed by atoms with van der Waals surface area (Å²) in [5.41, 5.74) is 4.43. The van der Waals surface area contributed by atoms with Crippen LogP contribution in [0.1, 0.15) is 42.7 Å². The first-order valence-corrected chi connectivity index (χ1v) is 10.8. The largest absolute Gasteiger partial charge is 0.466 e. The molecule has 1 aliphatic carbocycles. The third-order valence-corrected chi connectivity index (χ3v) is 6.56. The van der Waals surface area contributed by atoms with Gasteiger partial charge in [0, 0.05) is 34.3 Å². The van der Waals surface area contributed by atoms with Gasteiger partial charge in [-0.25, -0.2) is 4.79 Å². The highest BCUT2D eigenvalue weighted by Gasteiger charge is 2.41. The molecule has 2 aromatic rings. The van der Waals surface area contributed by atoms with E-state index in [2.05, 4.69) is 5.32 Å². The number of dihydropyridines is 1. The van der Waals surface area contributed by atoms with Crippen molar-refractivity contribution >= 4 is 23.4 Å². The van der Waals surface area contributed by atoms with E-state index in [9.17, 15) is 9.59 Å². The lowest BCUT2D eigenvalue weighted by molar-refractivity contribution is -0.136. The van der Waals surface area contributed by atoms with Crippen LogP contribution in [0.3, 0.4) is 0 Å². The van der Waals surface area contributed by atoms with E-state index >= 15 is 0 Å². The van der Waals surface area contributed by atoms with E-state index in [0.717, 1.165) is 16.8 Å². The molecule has 2 atom stereocenters. The molecule has 6 nitrogen and oxygen atoms in total. The number of Topliss-reactive ketones (excluding diaryl/α,β-unsaturated/α-hetero) is 1. The molecule has 0 saturated carbocycles. The van der Waals surface area contributed by atoms with Crippen molar-refractivity contribution in [1.82, 2.24) is 5.32 Å². The molecule has 0 fully saturated rings. The third kappa shape index (κ3) is 3.45. The van der Waals surface area contributed by atoms with Gasteiger partial charge in [0.1, 0.15) is 0 Å². The van der Waals surface area contributed by atoms with Crippen molar-refractivity contribution < 1.29 is 23.8 Å². The number of nitrogens with one attached hydrogen (secondary N) is 1. The number of benzene rings is 2. The Balaban J connectivity index is 1.59. The van der Waals surface area contributed by atoms with E-state index in [1.165, 1.54) is 7.11 Å². The summed E-state index contributed by atoms with van der Waals surface area (Å²) in [5.74, 6) is 0.303. The Morgan fingerprint density at radius 3 is 2.53 bits per heavy atom. The van der Waals surface area contributed by atoms with Gasteiger partial charge < -0.3 is 19.5 Å². The maximum Gasteiger partial charge on any atom is 0.336 e. The summed E-state index contributed by atoms with van der Waals surface area (Å²) in [4.78, 5) is 26.3. The molecule has 2 aromatic carbocycles. The summed E-state index contributed by atoms with van der Waals surface area (Å²) < 4.78 is 16.1. The van der Waals surface area contributed by atoms with Crippen LogP contribution in [0, 0.1) is 0 Å². The number of fused-ring (bicyclic) bond motifs is 1. The first-order valence-electron chi connectivity index (χ1n) is 10.4. The second-order valence-electron chi connectivity index (χ2n) is 8.17. The van der Waals surface area contributed by atoms with Crippen LogP contribution in [0.25, 0.3) is 0 Å². The van der Waals surface area contributed by atoms with Crippen LogP contribution in [-0.2, 0) is 14.3 Å². The molecule has 3 aliphatic rings. The van der Waals surface area contributed by atoms with Gasteiger partial charge in [0.15, 0.2) is 17.3 Å². The molecular weight excluding hydrogens is 430 g/mol. The molecule has 1 N–H and O–H groups in total. The predicted molar refractivity (Wildman–Crippen MR) is 119 cm³/mol. The number of rotatable bonds is 3. The fraction of sp³-hybridized carbons (Fsp3) is 0.280. The molecular formula is C25H22ClNO5. The number of esters is 1. The highest BCUT2D eigenvalue weighted by Crippen LogP contribution is 2.47. The Labute approximate surface area is 190 Å². The van der Waals surface area contributed by atoms with Crippen LogP contribution in [0.2, 0.25) is 5.02 Å². The number of halogens is 1. The summed E-state index contributed by atoms with van der Waals surface area (Å²) in [6.45, 7) is 1.99. The number of ketones is 1. The van der Waals surface area contributed by atoms with E-state index in [4.69, 9.17) is 25.8 Å². The summed E-state index contributed by atoms with van der Waals surface area (Å²) in [7, 11) is 1.35. The van der Waals surface area contributed by atoms with Crippen LogP contribution in [0.5, 0.6) is 11.5 Å². The van der Waals surface area contributed by atoms with Crippen molar-refractivity contribution in [2.45, 2.75) is 31.6 Å². The highest BCUT2D eigenvalue weighted by atomic mass is 35.5. The normalized spacial score (nSPS) is 21.9. The topological polar surface area (TPSA) is 73.9 Å². The molecule has 5 rings (SSSR count). The highest BCUT2D eigenvalue weighted by molar-refractivity contribution is 6.30. The molecule has 2 unspecified atom stereocenters. The van der Waals surface area contributed by atoms with Gasteiger partial charge >= 0.3 is 5.97 Å². The Morgan fingerprint density at radius 1 is 1.06 bits per heavy atom. The summed E-state index contributed by atoms with van der Waals surface area (Å²) >= 11 is 6.04. The zero-order valence-electron chi connectivity index (χ0n) is 17.7. The molecule has 0 radical (unpaired) electrons. The lowest BCUT2D eigenvalue weighted by Crippen LogP contribution is -2.36. The lowest BCUT2D eigenvalue weighted by atomic mass is 9.71. The second-order valence-corrected chi connectivity index (χ2v) is 8.61. The molecule has 0 spiro atoms. The average molecular weight is 452 g/mol. The molecule has 2 aliphatic heterocycles. The van der Waals surface area contributed by atoms with Crippen LogP contribution >= 0.6 is 11.6 Å². The number of carbonyl (C=O) groups is 2. The van der Waals surface area contributed by atoms with E-state index in [1.54, 1.807) is 0 Å². The Kier molecular flexibility index (Phi) is 5.18. The quantitative estimate of drug-likeness (QED) is 0.687. The van der Waals surface area contributed by atoms with E-state index in [0.29, 0.717) is 46.2 Å². The summed E-state index contributed by atoms with van der Waals surface area (Å²) in [5, 5.41) is 4.00. The number of hydrogen-bond donors (Lipinski definition) is 1. The van der Waals surface area contributed by atoms with Crippen molar-refractivity contribution in [3.8, 4) is 11.5 Å². The standard InChI is InChI=1S/C25H22ClNO5/c1-13-22(25(29)30-2)23(15-5-8-20-21(11-15)32-12-31-20)24-18(27-13)9-16(10-19(24)28)14-3-6-17(26)7-4-14/h3-8,11,16,23,27H,9-10,12H2,1-2H3. The fourth-order valence-electron chi connectivity index (χ4n) is 4.82. The number of allylic oxidation sites excluding steroid dienone is 3. The molecule has 2 heterocycles. The van der Waals surface area contributed by atoms with Crippen LogP contribution in [0.4, 0.5) is 0 Å². The molecule has 7 heteroatoms. The molecule has 0 bridgehead atoms. The van der Waals surface area contributed by atoms with Crippen LogP contribution < -0.4 is 14.8 Å². The maximum atomic E-state index is 13.5. The molecule has 0 amide bonds. The van der Waals surface area contributed by atoms with Gasteiger partial charge in [-0.15, -0.1) is 0 Å². The minimum atomic E-state index is -0.535. The van der Waals surface area contributed by atoms with Gasteiger partial charge in [-0.1, -0.05) is 29.8 Å². The average Bonchev–Trinajstić information content (AvgIpc) is 3.26. The molecule has 32 heavy (non-hydrogen) atoms. The fourth-order valence-corrected chi connectivity index (χ4v) is 4.94. The van der Waals surface area contributed by atoms with Crippen LogP contribution in [0.15, 0.2) is 65.0 Å². The van der Waals surface area contributed by atoms with Crippen molar-refractivity contribution in [2.24, 2.45) is 0 Å². The van der Waals surface area contributed by atoms with E-state index < -0.39 is 11.9 Å². The first-order chi connectivity index (χ1) is 15.5. The second kappa shape index (κ2) is 8.02. The van der Waals surface area contributed by atoms with Gasteiger partial charge in [0.25, 0.3) is 0 Å². The van der Waals surface area contributed by atoms with E-state index in [-0.39, 0.29) is 18.5 Å². The number of methoxy groups -OCH3 is 1. The van der Waals surface area contributed by atoms with Crippen LogP contribution in [-0.4, -0.2) is 25.7 Å². The monoisotopic (exact) mass is 451 g/mol. The zero-order valence-corrected chi connectivity index (χ0v) is 18.5. The number of ether oxygens (including phenoxy) is 3. The van der Waals surface area contributed by atoms with Gasteiger partial charge in [-0.3, -0.25) is 4.79 Å². The number of hydrogen-bond acceptors (Lipinski definition) is 6. The molecule has 0 saturated heterocycles. The SMILES string of the molecule is COC(=O)C1=C(C)NC2=C(C(=O)CC(c3ccc(Cl)cc3)C2)C1c1ccc2c(c1)OCO2. The lowest BCUT2D eigenvalue weighted by Gasteiger charge is -2.36. The molecule has 164 valence electrons. The smallest absolute Gasteiger partial charge is 0.336 e. The Bertz CT molecular complexity index is 1180.